The van der Waals surface area contributed by atoms with Crippen molar-refractivity contribution in [3.63, 3.8) is 0 Å². The number of unbranched alkanes of at least 4 members (excludes halogenated alkanes) is 5. The predicted molar refractivity (Wildman–Crippen MR) is 360 cm³/mol. The summed E-state index contributed by atoms with van der Waals surface area (Å²) in [5, 5.41) is 180. The van der Waals surface area contributed by atoms with E-state index in [9.17, 15) is 130 Å². The summed E-state index contributed by atoms with van der Waals surface area (Å²) in [7, 11) is 0. The lowest BCUT2D eigenvalue weighted by Crippen LogP contribution is -2.59. The molecule has 45 nitrogen and oxygen atoms in total. The van der Waals surface area contributed by atoms with Crippen LogP contribution in [-0.4, -0.2) is 416 Å². The Labute approximate surface area is 625 Å². The first-order chi connectivity index (χ1) is 52.0. The average molecular weight is 1580 g/mol. The van der Waals surface area contributed by atoms with Crippen LogP contribution in [0.5, 0.6) is 0 Å². The summed E-state index contributed by atoms with van der Waals surface area (Å²) in [4.78, 5) is 138. The molecule has 5 heterocycles. The van der Waals surface area contributed by atoms with Gasteiger partial charge >= 0.3 is 5.97 Å². The second-order valence-corrected chi connectivity index (χ2v) is 26.4. The van der Waals surface area contributed by atoms with Crippen molar-refractivity contribution in [2.24, 2.45) is 0 Å². The average Bonchev–Trinajstić information content (AvgIpc) is 1.50. The maximum absolute atomic E-state index is 14.4. The van der Waals surface area contributed by atoms with Crippen LogP contribution < -0.4 is 37.2 Å². The van der Waals surface area contributed by atoms with E-state index in [2.05, 4.69) is 37.2 Å². The fraction of sp³-hybridized carbons (Fsp3) is 0.844. The molecule has 0 radical (unpaired) electrons. The quantitative estimate of drug-likeness (QED) is 0.0199. The molecule has 0 bridgehead atoms. The van der Waals surface area contributed by atoms with Crippen LogP contribution in [0, 0.1) is 0 Å². The summed E-state index contributed by atoms with van der Waals surface area (Å²) in [6.07, 6.45) is -29.8. The molecule has 0 aromatic heterocycles. The van der Waals surface area contributed by atoms with Crippen LogP contribution in [0.15, 0.2) is 0 Å². The first-order valence-electron chi connectivity index (χ1n) is 36.1. The summed E-state index contributed by atoms with van der Waals surface area (Å²) in [6, 6.07) is -1.41. The number of hydrogen-bond donors (Lipinski definition) is 23. The van der Waals surface area contributed by atoms with Gasteiger partial charge in [0.2, 0.25) is 41.4 Å². The molecule has 0 spiro atoms. The summed E-state index contributed by atoms with van der Waals surface area (Å²) in [5.41, 5.74) is 0. The topological polar surface area (TPSA) is 671 Å². The Hall–Kier alpha value is -6.14. The molecule has 5 aliphatic heterocycles. The largest absolute Gasteiger partial charge is 0.394 e. The normalized spacial score (nSPS) is 29.5. The Bertz CT molecular complexity index is 2730. The maximum atomic E-state index is 14.4. The van der Waals surface area contributed by atoms with Crippen LogP contribution in [0.3, 0.4) is 0 Å². The molecular weight excluding hydrogens is 1470 g/mol. The number of nitrogens with one attached hydrogen (secondary N) is 7. The van der Waals surface area contributed by atoms with Crippen LogP contribution in [-0.2, 0) is 90.7 Å². The second-order valence-electron chi connectivity index (χ2n) is 26.4. The summed E-state index contributed by atoms with van der Waals surface area (Å²) in [5.74, 6) is -6.74. The molecular formula is C64H110N10O35. The Morgan fingerprint density at radius 3 is 1.02 bits per heavy atom. The highest BCUT2D eigenvalue weighted by molar-refractivity contribution is 6.01. The number of rotatable bonds is 50. The van der Waals surface area contributed by atoms with Gasteiger partial charge < -0.3 is 162 Å². The first-order valence-corrected chi connectivity index (χ1v) is 36.1. The van der Waals surface area contributed by atoms with Gasteiger partial charge in [-0.1, -0.05) is 12.8 Å². The van der Waals surface area contributed by atoms with E-state index in [0.717, 1.165) is 4.90 Å². The standard InChI is InChI=1S/C64H110N10O35/c75-30-35-48(88)52(92)56(96)61(105-35)101-21-17-68-39(79)10-3-1-6-14-65-40(80)25-72(26-41(81)66-15-7-2-4-11-47(87)109-74-45(85)12-13-46(74)86)27-42(82)67-16-8-5-9-34(60(100)71-20-24-104-64-59(99)55(95)51(91)38(33-78)108-64)73(28-43(83)69-18-22-102-62-57(97)53(93)49(89)36(31-76)106-62)29-44(84)70-19-23-103-63-58(98)54(94)50(90)37(32-77)107-63/h34-38,48-59,61-64,75-78,88-99H,1-33H2,(H,65,80)(H,66,81)(H,67,82)(H,68,79)(H,69,83)(H,70,84)(H,71,100)/t34-,35+,36+,37+,38+,48+,49+,50+,51+,52-,53-,54-,55-,56-,57-,58-,59-,61-,62-,63-,64-/m0/s1. The van der Waals surface area contributed by atoms with Crippen LogP contribution in [0.4, 0.5) is 0 Å². The number of aliphatic hydroxyl groups is 16. The Kier molecular flexibility index (Phi) is 42.3. The summed E-state index contributed by atoms with van der Waals surface area (Å²) >= 11 is 0. The van der Waals surface area contributed by atoms with E-state index in [1.165, 1.54) is 4.90 Å². The highest BCUT2D eigenvalue weighted by atomic mass is 16.7. The predicted octanol–water partition coefficient (Wildman–Crippen LogP) is -14.1. The van der Waals surface area contributed by atoms with E-state index in [1.807, 2.05) is 0 Å². The summed E-state index contributed by atoms with van der Waals surface area (Å²) in [6.45, 7) is -8.08. The third-order valence-electron chi connectivity index (χ3n) is 17.9. The van der Waals surface area contributed by atoms with Gasteiger partial charge in [0, 0.05) is 71.5 Å². The van der Waals surface area contributed by atoms with Crippen LogP contribution >= 0.6 is 0 Å². The number of amides is 9. The molecule has 626 valence electrons. The Morgan fingerprint density at radius 1 is 0.367 bits per heavy atom. The first kappa shape index (κ1) is 93.5. The minimum absolute atomic E-state index is 0.00856. The number of carbonyl (C=O) groups excluding carboxylic acids is 10. The number of imide groups is 1. The van der Waals surface area contributed by atoms with E-state index >= 15 is 0 Å². The van der Waals surface area contributed by atoms with Crippen molar-refractivity contribution < 1.29 is 172 Å². The minimum Gasteiger partial charge on any atom is -0.394 e. The maximum Gasteiger partial charge on any atom is 0.333 e. The lowest BCUT2D eigenvalue weighted by molar-refractivity contribution is -0.300. The van der Waals surface area contributed by atoms with Crippen molar-refractivity contribution >= 4 is 59.1 Å². The molecule has 5 saturated heterocycles. The SMILES string of the molecule is O=C(CCCCCNC(=O)CN(CC(=O)NCCCCCC(=O)ON1C(=O)CCC1=O)CC(=O)NCCCC[C@@H](C(=O)NCCO[C@H]1O[C@H](CO)[C@@H](O)[C@H](O)[C@@H]1O)N(CC(=O)NCCO[C@H]1O[C@H](CO)[C@@H](O)[C@H](O)[C@@H]1O)CC(=O)NCCO[C@H]1O[C@H](CO)[C@@H](O)[C@H](O)[C@@H]1O)NCCO[C@H]1O[C@H](CO)[C@@H](O)[C@H](O)[C@@H]1O. The molecule has 109 heavy (non-hydrogen) atoms. The molecule has 21 atom stereocenters. The highest BCUT2D eigenvalue weighted by Gasteiger charge is 2.48. The molecule has 0 unspecified atom stereocenters. The van der Waals surface area contributed by atoms with Crippen molar-refractivity contribution in [3.8, 4) is 0 Å². The van der Waals surface area contributed by atoms with Gasteiger partial charge in [-0.15, -0.1) is 5.06 Å². The Balaban J connectivity index is 1.21. The van der Waals surface area contributed by atoms with Gasteiger partial charge in [-0.05, 0) is 44.9 Å². The minimum atomic E-state index is -1.81. The second kappa shape index (κ2) is 49.4. The van der Waals surface area contributed by atoms with Gasteiger partial charge in [0.15, 0.2) is 25.2 Å². The van der Waals surface area contributed by atoms with E-state index in [0.29, 0.717) is 37.2 Å². The molecule has 23 N–H and O–H groups in total. The van der Waals surface area contributed by atoms with Gasteiger partial charge in [-0.3, -0.25) is 53.0 Å². The number of aliphatic hydroxyl groups excluding tert-OH is 16. The molecule has 0 aliphatic carbocycles. The number of carbonyl (C=O) groups is 10. The number of hydroxylamine groups is 2. The zero-order valence-electron chi connectivity index (χ0n) is 60.2. The molecule has 5 rings (SSSR count). The van der Waals surface area contributed by atoms with E-state index in [4.69, 9.17) is 42.7 Å². The molecule has 9 amide bonds. The molecule has 0 aromatic rings. The summed E-state index contributed by atoms with van der Waals surface area (Å²) < 4.78 is 43.2. The zero-order valence-corrected chi connectivity index (χ0v) is 60.2. The van der Waals surface area contributed by atoms with Crippen LogP contribution in [0.2, 0.25) is 0 Å². The molecule has 0 aromatic carbocycles. The fourth-order valence-electron chi connectivity index (χ4n) is 11.8. The smallest absolute Gasteiger partial charge is 0.333 e. The fourth-order valence-corrected chi connectivity index (χ4v) is 11.8. The lowest BCUT2D eigenvalue weighted by Gasteiger charge is -2.39. The zero-order chi connectivity index (χ0) is 80.3. The van der Waals surface area contributed by atoms with Gasteiger partial charge in [-0.2, -0.15) is 0 Å². The van der Waals surface area contributed by atoms with Gasteiger partial charge in [0.1, 0.15) is 97.7 Å². The van der Waals surface area contributed by atoms with Gasteiger partial charge in [-0.25, -0.2) is 4.79 Å². The van der Waals surface area contributed by atoms with Crippen molar-refractivity contribution in [1.29, 1.82) is 0 Å². The van der Waals surface area contributed by atoms with E-state index in [1.54, 1.807) is 0 Å². The van der Waals surface area contributed by atoms with Crippen molar-refractivity contribution in [3.05, 3.63) is 0 Å². The molecule has 0 saturated carbocycles. The van der Waals surface area contributed by atoms with Gasteiger partial charge in [0.25, 0.3) is 11.8 Å². The number of nitrogens with zero attached hydrogens (tertiary/aromatic N) is 3. The monoisotopic (exact) mass is 1580 g/mol. The molecule has 5 aliphatic rings. The van der Waals surface area contributed by atoms with Crippen LogP contribution in [0.25, 0.3) is 0 Å². The van der Waals surface area contributed by atoms with E-state index in [-0.39, 0.29) is 110 Å². The molecule has 45 heteroatoms. The molecule has 5 fully saturated rings. The lowest BCUT2D eigenvalue weighted by atomic mass is 9.99. The van der Waals surface area contributed by atoms with E-state index < -0.39 is 261 Å². The van der Waals surface area contributed by atoms with Crippen molar-refractivity contribution in [1.82, 2.24) is 52.1 Å². The van der Waals surface area contributed by atoms with Crippen molar-refractivity contribution in [2.75, 3.05) is 131 Å². The van der Waals surface area contributed by atoms with Crippen molar-refractivity contribution in [2.45, 2.75) is 212 Å². The number of hydrogen-bond acceptors (Lipinski definition) is 37. The third kappa shape index (κ3) is 31.1. The third-order valence-corrected chi connectivity index (χ3v) is 17.9. The number of ether oxygens (including phenoxy) is 8. The highest BCUT2D eigenvalue weighted by Crippen LogP contribution is 2.26. The van der Waals surface area contributed by atoms with Gasteiger partial charge in [0.05, 0.1) is 91.6 Å². The van der Waals surface area contributed by atoms with Crippen LogP contribution in [0.1, 0.15) is 83.5 Å². The Morgan fingerprint density at radius 2 is 0.670 bits per heavy atom.